The van der Waals surface area contributed by atoms with Crippen LogP contribution in [0.2, 0.25) is 0 Å². The van der Waals surface area contributed by atoms with E-state index in [1.807, 2.05) is 18.1 Å². The highest BCUT2D eigenvalue weighted by Crippen LogP contribution is 2.15. The third-order valence-corrected chi connectivity index (χ3v) is 9.90. The highest BCUT2D eigenvalue weighted by molar-refractivity contribution is 7.42. The molecule has 0 aromatic carbocycles. The zero-order valence-corrected chi connectivity index (χ0v) is 11.0. The highest BCUT2D eigenvalue weighted by atomic mass is 35.7. The predicted octanol–water partition coefficient (Wildman–Crippen LogP) is 2.09. The molecule has 0 aromatic heterocycles. The van der Waals surface area contributed by atoms with Crippen molar-refractivity contribution < 1.29 is 0 Å². The molecule has 0 spiro atoms. The summed E-state index contributed by atoms with van der Waals surface area (Å²) in [4.78, 5) is 0. The van der Waals surface area contributed by atoms with Gasteiger partial charge in [-0.1, -0.05) is 13.8 Å². The lowest BCUT2D eigenvalue weighted by Crippen LogP contribution is -2.43. The van der Waals surface area contributed by atoms with Crippen molar-refractivity contribution in [1.82, 2.24) is 4.23 Å². The van der Waals surface area contributed by atoms with Gasteiger partial charge in [-0.05, 0) is 6.04 Å². The Bertz CT molecular complexity index is 79.5. The number of rotatable bonds is 3. The van der Waals surface area contributed by atoms with Crippen LogP contribution in [0.4, 0.5) is 0 Å². The van der Waals surface area contributed by atoms with Crippen LogP contribution in [-0.4, -0.2) is 25.4 Å². The van der Waals surface area contributed by atoms with E-state index in [0.29, 0.717) is 0 Å². The first-order valence-electron chi connectivity index (χ1n) is 2.80. The van der Waals surface area contributed by atoms with Crippen LogP contribution in [-0.2, 0) is 0 Å². The van der Waals surface area contributed by atoms with Crippen LogP contribution < -0.4 is 0 Å². The first kappa shape index (κ1) is 11.6. The molecule has 0 heterocycles. The molecule has 1 nitrogen and oxygen atoms in total. The van der Waals surface area contributed by atoms with Crippen molar-refractivity contribution in [2.45, 2.75) is 19.9 Å². The van der Waals surface area contributed by atoms with Crippen molar-refractivity contribution in [3.63, 3.8) is 0 Å². The van der Waals surface area contributed by atoms with Crippen LogP contribution in [0.15, 0.2) is 0 Å². The monoisotopic (exact) mass is 255 g/mol. The van der Waals surface area contributed by atoms with Crippen LogP contribution in [0.3, 0.4) is 0 Å². The molecule has 0 atom stereocenters. The quantitative estimate of drug-likeness (QED) is 0.552. The molecule has 7 heteroatoms. The van der Waals surface area contributed by atoms with Gasteiger partial charge in [0, 0.05) is 0 Å². The largest absolute Gasteiger partial charge is 0.304 e. The van der Waals surface area contributed by atoms with Crippen molar-refractivity contribution >= 4 is 59.5 Å². The third-order valence-electron chi connectivity index (χ3n) is 1.05. The molecule has 0 rings (SSSR count). The summed E-state index contributed by atoms with van der Waals surface area (Å²) in [5, 5.41) is 0. The maximum atomic E-state index is 5.73. The smallest absolute Gasteiger partial charge is 0.300 e. The summed E-state index contributed by atoms with van der Waals surface area (Å²) in [7, 11) is -3.65. The Hall–Kier alpha value is 1.55. The van der Waals surface area contributed by atoms with Crippen LogP contribution in [0.1, 0.15) is 13.8 Å². The topological polar surface area (TPSA) is 3.24 Å². The van der Waals surface area contributed by atoms with Gasteiger partial charge in [-0.25, -0.2) is 0 Å². The molecular weight excluding hydrogens is 248 g/mol. The third kappa shape index (κ3) is 3.81. The van der Waals surface area contributed by atoms with Crippen molar-refractivity contribution in [3.8, 4) is 0 Å². The lowest BCUT2D eigenvalue weighted by Gasteiger charge is -2.26. The lowest BCUT2D eigenvalue weighted by molar-refractivity contribution is 0.556. The van der Waals surface area contributed by atoms with Crippen molar-refractivity contribution in [3.05, 3.63) is 0 Å². The zero-order valence-electron chi connectivity index (χ0n) is 5.69. The van der Waals surface area contributed by atoms with Crippen LogP contribution in [0.25, 0.3) is 0 Å². The van der Waals surface area contributed by atoms with E-state index < -0.39 is 15.2 Å². The molecule has 10 heavy (non-hydrogen) atoms. The van der Waals surface area contributed by atoms with Crippen LogP contribution >= 0.6 is 44.3 Å². The minimum absolute atomic E-state index is 0.262. The van der Waals surface area contributed by atoms with Crippen LogP contribution in [0, 0.1) is 0 Å². The maximum Gasteiger partial charge on any atom is 0.304 e. The standard InChI is InChI=1S/C3H9Cl4NSi2/c1-3(2)8(9(4)5)10(6)7/h3,9-10H,1-2H3. The molecular formula is C3H9Cl4NSi2. The number of hydrogen-bond donors (Lipinski definition) is 0. The fourth-order valence-electron chi connectivity index (χ4n) is 0.536. The van der Waals surface area contributed by atoms with E-state index in [2.05, 4.69) is 0 Å². The van der Waals surface area contributed by atoms with Gasteiger partial charge in [-0.2, -0.15) is 0 Å². The molecule has 0 fully saturated rings. The van der Waals surface area contributed by atoms with Gasteiger partial charge in [0.2, 0.25) is 0 Å². The second-order valence-corrected chi connectivity index (χ2v) is 11.3. The van der Waals surface area contributed by atoms with E-state index in [4.69, 9.17) is 44.3 Å². The molecule has 0 radical (unpaired) electrons. The summed E-state index contributed by atoms with van der Waals surface area (Å²) < 4.78 is 1.84. The summed E-state index contributed by atoms with van der Waals surface area (Å²) in [6.07, 6.45) is 0. The van der Waals surface area contributed by atoms with Gasteiger partial charge in [0.1, 0.15) is 0 Å². The van der Waals surface area contributed by atoms with Crippen molar-refractivity contribution in [2.75, 3.05) is 0 Å². The number of nitrogens with zero attached hydrogens (tertiary/aromatic N) is 1. The second-order valence-electron chi connectivity index (χ2n) is 2.10. The molecule has 0 saturated carbocycles. The van der Waals surface area contributed by atoms with E-state index in [1.54, 1.807) is 0 Å². The first-order chi connectivity index (χ1) is 4.46. The minimum Gasteiger partial charge on any atom is -0.300 e. The van der Waals surface area contributed by atoms with E-state index in [0.717, 1.165) is 0 Å². The van der Waals surface area contributed by atoms with Gasteiger partial charge in [0.25, 0.3) is 0 Å². The summed E-state index contributed by atoms with van der Waals surface area (Å²) in [6, 6.07) is 0.262. The molecule has 0 aromatic rings. The summed E-state index contributed by atoms with van der Waals surface area (Å²) in [5.74, 6) is 0. The van der Waals surface area contributed by atoms with Gasteiger partial charge in [-0.15, -0.1) is 44.3 Å². The van der Waals surface area contributed by atoms with Gasteiger partial charge in [0.05, 0.1) is 0 Å². The lowest BCUT2D eigenvalue weighted by atomic mass is 10.4. The maximum absolute atomic E-state index is 5.73. The molecule has 0 aliphatic carbocycles. The Labute approximate surface area is 83.4 Å². The van der Waals surface area contributed by atoms with Gasteiger partial charge in [0.15, 0.2) is 0 Å². The molecule has 0 unspecified atom stereocenters. The Morgan fingerprint density at radius 3 is 1.30 bits per heavy atom. The first-order valence-corrected chi connectivity index (χ1v) is 10.8. The molecule has 0 bridgehead atoms. The summed E-state index contributed by atoms with van der Waals surface area (Å²) >= 11 is 22.9. The molecule has 0 amide bonds. The molecule has 0 saturated heterocycles. The average Bonchev–Trinajstić information content (AvgIpc) is 1.59. The highest BCUT2D eigenvalue weighted by Gasteiger charge is 2.25. The minimum atomic E-state index is -1.83. The Morgan fingerprint density at radius 2 is 1.30 bits per heavy atom. The van der Waals surface area contributed by atoms with Crippen molar-refractivity contribution in [1.29, 1.82) is 0 Å². The SMILES string of the molecule is CC(C)N([SiH](Cl)Cl)[SiH](Cl)Cl. The predicted molar refractivity (Wildman–Crippen MR) is 54.7 cm³/mol. The van der Waals surface area contributed by atoms with Gasteiger partial charge >= 0.3 is 15.2 Å². The number of halogens is 4. The van der Waals surface area contributed by atoms with E-state index >= 15 is 0 Å². The second kappa shape index (κ2) is 5.24. The average molecular weight is 257 g/mol. The molecule has 0 aliphatic heterocycles. The molecule has 62 valence electrons. The fourth-order valence-corrected chi connectivity index (χ4v) is 11.0. The fraction of sp³-hybridized carbons (Fsp3) is 1.00. The van der Waals surface area contributed by atoms with E-state index in [1.165, 1.54) is 0 Å². The Balaban J connectivity index is 3.98. The Kier molecular flexibility index (Phi) is 6.06. The summed E-state index contributed by atoms with van der Waals surface area (Å²) in [6.45, 7) is 3.96. The molecule has 0 aliphatic rings. The summed E-state index contributed by atoms with van der Waals surface area (Å²) in [5.41, 5.74) is 0. The van der Waals surface area contributed by atoms with E-state index in [9.17, 15) is 0 Å². The van der Waals surface area contributed by atoms with Crippen LogP contribution in [0.5, 0.6) is 0 Å². The zero-order chi connectivity index (χ0) is 8.31. The molecule has 0 N–H and O–H groups in total. The van der Waals surface area contributed by atoms with Gasteiger partial charge in [-0.3, -0.25) is 0 Å². The number of hydrogen-bond acceptors (Lipinski definition) is 1. The van der Waals surface area contributed by atoms with E-state index in [-0.39, 0.29) is 6.04 Å². The Morgan fingerprint density at radius 1 is 1.00 bits per heavy atom. The van der Waals surface area contributed by atoms with Crippen molar-refractivity contribution in [2.24, 2.45) is 0 Å². The normalized spacial score (nSPS) is 12.6. The van der Waals surface area contributed by atoms with Gasteiger partial charge < -0.3 is 4.23 Å².